The van der Waals surface area contributed by atoms with E-state index in [1.54, 1.807) is 0 Å². The Morgan fingerprint density at radius 2 is 1.82 bits per heavy atom. The Bertz CT molecular complexity index is 556. The van der Waals surface area contributed by atoms with Gasteiger partial charge in [0.25, 0.3) is 0 Å². The Kier molecular flexibility index (Phi) is 6.00. The fourth-order valence-electron chi connectivity index (χ4n) is 1.73. The molecule has 5 nitrogen and oxygen atoms in total. The first-order valence-electron chi connectivity index (χ1n) is 7.39. The van der Waals surface area contributed by atoms with Crippen LogP contribution in [-0.2, 0) is 4.74 Å². The zero-order valence-electron chi connectivity index (χ0n) is 14.4. The van der Waals surface area contributed by atoms with Crippen LogP contribution in [0.5, 0.6) is 0 Å². The molecule has 124 valence electrons. The van der Waals surface area contributed by atoms with E-state index in [0.29, 0.717) is 23.0 Å². The lowest BCUT2D eigenvalue weighted by Gasteiger charge is -2.20. The number of thiophene rings is 1. The minimum absolute atomic E-state index is 0.306. The van der Waals surface area contributed by atoms with Crippen LogP contribution in [0.4, 0.5) is 9.80 Å². The van der Waals surface area contributed by atoms with Gasteiger partial charge in [0, 0.05) is 11.4 Å². The lowest BCUT2D eigenvalue weighted by Crippen LogP contribution is -2.32. The zero-order chi connectivity index (χ0) is 17.1. The number of rotatable bonds is 4. The van der Waals surface area contributed by atoms with Crippen molar-refractivity contribution in [2.24, 2.45) is 5.92 Å². The van der Waals surface area contributed by atoms with Gasteiger partial charge in [-0.15, -0.1) is 11.3 Å². The van der Waals surface area contributed by atoms with Crippen molar-refractivity contribution in [1.82, 2.24) is 5.32 Å². The topological polar surface area (TPSA) is 67.4 Å². The summed E-state index contributed by atoms with van der Waals surface area (Å²) in [5.74, 6) is -0.0450. The molecule has 0 aliphatic heterocycles. The van der Waals surface area contributed by atoms with Crippen LogP contribution in [0, 0.1) is 19.8 Å². The second-order valence-corrected chi connectivity index (χ2v) is 7.94. The Labute approximate surface area is 136 Å². The van der Waals surface area contributed by atoms with Crippen molar-refractivity contribution in [3.8, 4) is 0 Å². The van der Waals surface area contributed by atoms with E-state index in [0.717, 1.165) is 10.4 Å². The van der Waals surface area contributed by atoms with Crippen LogP contribution in [0.2, 0.25) is 0 Å². The standard InChI is InChI=1S/C16H26N2O3S/c1-9(2)8-17-15(20)18-13-12(10(3)11(4)22-13)14(19)21-16(5,6)7/h9H,8H2,1-7H3,(H2,17,18,20). The number of hydrogen-bond donors (Lipinski definition) is 2. The molecular weight excluding hydrogens is 300 g/mol. The summed E-state index contributed by atoms with van der Waals surface area (Å²) in [6.45, 7) is 13.9. The van der Waals surface area contributed by atoms with Crippen LogP contribution < -0.4 is 10.6 Å². The summed E-state index contributed by atoms with van der Waals surface area (Å²) >= 11 is 1.39. The summed E-state index contributed by atoms with van der Waals surface area (Å²) in [7, 11) is 0. The average Bonchev–Trinajstić information content (AvgIpc) is 2.60. The maximum atomic E-state index is 12.4. The van der Waals surface area contributed by atoms with Crippen molar-refractivity contribution in [2.45, 2.75) is 54.1 Å². The normalized spacial score (nSPS) is 11.5. The van der Waals surface area contributed by atoms with Crippen LogP contribution in [-0.4, -0.2) is 24.1 Å². The Balaban J connectivity index is 2.94. The predicted octanol–water partition coefficient (Wildman–Crippen LogP) is 4.10. The van der Waals surface area contributed by atoms with E-state index >= 15 is 0 Å². The van der Waals surface area contributed by atoms with Crippen molar-refractivity contribution in [2.75, 3.05) is 11.9 Å². The molecule has 0 fully saturated rings. The maximum Gasteiger partial charge on any atom is 0.341 e. The fourth-order valence-corrected chi connectivity index (χ4v) is 2.78. The molecule has 0 spiro atoms. The van der Waals surface area contributed by atoms with Crippen molar-refractivity contribution in [1.29, 1.82) is 0 Å². The summed E-state index contributed by atoms with van der Waals surface area (Å²) in [6.07, 6.45) is 0. The van der Waals surface area contributed by atoms with Gasteiger partial charge in [0.15, 0.2) is 0 Å². The number of esters is 1. The van der Waals surface area contributed by atoms with Gasteiger partial charge in [-0.2, -0.15) is 0 Å². The summed E-state index contributed by atoms with van der Waals surface area (Å²) in [6, 6.07) is -0.306. The smallest absolute Gasteiger partial charge is 0.341 e. The lowest BCUT2D eigenvalue weighted by atomic mass is 10.1. The van der Waals surface area contributed by atoms with Crippen LogP contribution in [0.3, 0.4) is 0 Å². The molecule has 2 amide bonds. The van der Waals surface area contributed by atoms with E-state index < -0.39 is 11.6 Å². The van der Waals surface area contributed by atoms with E-state index in [1.165, 1.54) is 11.3 Å². The molecule has 1 aromatic heterocycles. The first-order chi connectivity index (χ1) is 10.0. The van der Waals surface area contributed by atoms with Gasteiger partial charge < -0.3 is 10.1 Å². The number of hydrogen-bond acceptors (Lipinski definition) is 4. The van der Waals surface area contributed by atoms with Gasteiger partial charge in [-0.25, -0.2) is 9.59 Å². The zero-order valence-corrected chi connectivity index (χ0v) is 15.2. The third-order valence-electron chi connectivity index (χ3n) is 2.89. The number of nitrogens with one attached hydrogen (secondary N) is 2. The quantitative estimate of drug-likeness (QED) is 0.819. The molecule has 6 heteroatoms. The molecule has 1 aromatic rings. The van der Waals surface area contributed by atoms with Gasteiger partial charge in [-0.1, -0.05) is 13.8 Å². The van der Waals surface area contributed by atoms with E-state index in [2.05, 4.69) is 10.6 Å². The molecule has 2 N–H and O–H groups in total. The van der Waals surface area contributed by atoms with Crippen molar-refractivity contribution >= 4 is 28.3 Å². The molecular formula is C16H26N2O3S. The molecule has 0 atom stereocenters. The number of urea groups is 1. The van der Waals surface area contributed by atoms with E-state index in [-0.39, 0.29) is 6.03 Å². The minimum Gasteiger partial charge on any atom is -0.456 e. The van der Waals surface area contributed by atoms with Gasteiger partial charge in [0.2, 0.25) is 0 Å². The third-order valence-corrected chi connectivity index (χ3v) is 4.01. The highest BCUT2D eigenvalue weighted by atomic mass is 32.1. The van der Waals surface area contributed by atoms with Gasteiger partial charge in [-0.05, 0) is 46.1 Å². The Hall–Kier alpha value is -1.56. The maximum absolute atomic E-state index is 12.4. The molecule has 0 aromatic carbocycles. The summed E-state index contributed by atoms with van der Waals surface area (Å²) in [5.41, 5.74) is 0.715. The molecule has 22 heavy (non-hydrogen) atoms. The van der Waals surface area contributed by atoms with E-state index in [9.17, 15) is 9.59 Å². The van der Waals surface area contributed by atoms with E-state index in [4.69, 9.17) is 4.74 Å². The molecule has 1 heterocycles. The first-order valence-corrected chi connectivity index (χ1v) is 8.21. The highest BCUT2D eigenvalue weighted by Crippen LogP contribution is 2.33. The van der Waals surface area contributed by atoms with Crippen LogP contribution in [0.1, 0.15) is 55.4 Å². The molecule has 1 rings (SSSR count). The lowest BCUT2D eigenvalue weighted by molar-refractivity contribution is 0.00705. The number of anilines is 1. The molecule has 0 aliphatic rings. The highest BCUT2D eigenvalue weighted by molar-refractivity contribution is 7.16. The van der Waals surface area contributed by atoms with Crippen LogP contribution in [0.15, 0.2) is 0 Å². The van der Waals surface area contributed by atoms with Gasteiger partial charge >= 0.3 is 12.0 Å². The Morgan fingerprint density at radius 3 is 2.32 bits per heavy atom. The van der Waals surface area contributed by atoms with Crippen molar-refractivity contribution < 1.29 is 14.3 Å². The number of amides is 2. The second-order valence-electron chi connectivity index (χ2n) is 6.72. The van der Waals surface area contributed by atoms with Gasteiger partial charge in [-0.3, -0.25) is 5.32 Å². The van der Waals surface area contributed by atoms with Gasteiger partial charge in [0.05, 0.1) is 5.56 Å². The second kappa shape index (κ2) is 7.13. The van der Waals surface area contributed by atoms with Crippen LogP contribution in [0.25, 0.3) is 0 Å². The average molecular weight is 326 g/mol. The molecule has 0 saturated heterocycles. The first kappa shape index (κ1) is 18.5. The number of aryl methyl sites for hydroxylation is 1. The molecule has 0 bridgehead atoms. The minimum atomic E-state index is -0.573. The summed E-state index contributed by atoms with van der Waals surface area (Å²) in [5, 5.41) is 6.07. The summed E-state index contributed by atoms with van der Waals surface area (Å²) < 4.78 is 5.43. The van der Waals surface area contributed by atoms with Crippen LogP contribution >= 0.6 is 11.3 Å². The molecule has 0 aliphatic carbocycles. The highest BCUT2D eigenvalue weighted by Gasteiger charge is 2.25. The number of carbonyl (C=O) groups excluding carboxylic acids is 2. The van der Waals surface area contributed by atoms with Crippen molar-refractivity contribution in [3.05, 3.63) is 16.0 Å². The van der Waals surface area contributed by atoms with E-state index in [1.807, 2.05) is 48.5 Å². The molecule has 0 saturated carbocycles. The predicted molar refractivity (Wildman–Crippen MR) is 90.8 cm³/mol. The largest absolute Gasteiger partial charge is 0.456 e. The third kappa shape index (κ3) is 5.33. The Morgan fingerprint density at radius 1 is 1.23 bits per heavy atom. The number of carbonyl (C=O) groups is 2. The molecule has 0 radical (unpaired) electrons. The fraction of sp³-hybridized carbons (Fsp3) is 0.625. The van der Waals surface area contributed by atoms with Gasteiger partial charge in [0.1, 0.15) is 10.6 Å². The monoisotopic (exact) mass is 326 g/mol. The summed E-state index contributed by atoms with van der Waals surface area (Å²) in [4.78, 5) is 25.3. The SMILES string of the molecule is Cc1sc(NC(=O)NCC(C)C)c(C(=O)OC(C)(C)C)c1C. The molecule has 0 unspecified atom stereocenters. The number of ether oxygens (including phenoxy) is 1. The van der Waals surface area contributed by atoms with Crippen molar-refractivity contribution in [3.63, 3.8) is 0 Å².